The molecule has 84 valence electrons. The van der Waals surface area contributed by atoms with Gasteiger partial charge in [-0.3, -0.25) is 0 Å². The number of aliphatic hydroxyl groups excluding tert-OH is 1. The van der Waals surface area contributed by atoms with Crippen molar-refractivity contribution in [2.75, 3.05) is 6.54 Å². The summed E-state index contributed by atoms with van der Waals surface area (Å²) in [6.07, 6.45) is 0.214. The van der Waals surface area contributed by atoms with Gasteiger partial charge in [0.05, 0.1) is 6.10 Å². The van der Waals surface area contributed by atoms with E-state index in [1.165, 1.54) is 6.07 Å². The predicted octanol–water partition coefficient (Wildman–Crippen LogP) is 1.83. The number of aliphatic hydroxyl groups is 1. The van der Waals surface area contributed by atoms with E-state index in [2.05, 4.69) is 5.32 Å². The number of rotatable bonds is 5. The second-order valence-electron chi connectivity index (χ2n) is 3.55. The lowest BCUT2D eigenvalue weighted by Gasteiger charge is -2.07. The van der Waals surface area contributed by atoms with Crippen molar-refractivity contribution in [2.45, 2.75) is 26.0 Å². The molecule has 1 aromatic rings. The molecule has 0 amide bonds. The summed E-state index contributed by atoms with van der Waals surface area (Å²) < 4.78 is 25.8. The SMILES string of the molecule is C[C@@H](O)CCNCc1cc(F)ccc1F. The molecule has 4 heteroatoms. The van der Waals surface area contributed by atoms with Crippen LogP contribution in [0.4, 0.5) is 8.78 Å². The number of hydrogen-bond acceptors (Lipinski definition) is 2. The standard InChI is InChI=1S/C11H15F2NO/c1-8(15)4-5-14-7-9-6-10(12)2-3-11(9)13/h2-3,6,8,14-15H,4-5,7H2,1H3/t8-/m1/s1. The van der Waals surface area contributed by atoms with Crippen molar-refractivity contribution in [3.05, 3.63) is 35.4 Å². The van der Waals surface area contributed by atoms with E-state index >= 15 is 0 Å². The molecule has 0 saturated heterocycles. The van der Waals surface area contributed by atoms with Gasteiger partial charge in [0.1, 0.15) is 11.6 Å². The molecule has 0 fully saturated rings. The summed E-state index contributed by atoms with van der Waals surface area (Å²) in [6, 6.07) is 3.38. The largest absolute Gasteiger partial charge is 0.393 e. The van der Waals surface area contributed by atoms with Crippen LogP contribution in [0.5, 0.6) is 0 Å². The minimum atomic E-state index is -0.441. The van der Waals surface area contributed by atoms with Gasteiger partial charge in [-0.1, -0.05) is 0 Å². The molecule has 0 bridgehead atoms. The summed E-state index contributed by atoms with van der Waals surface area (Å²) >= 11 is 0. The zero-order valence-corrected chi connectivity index (χ0v) is 8.63. The van der Waals surface area contributed by atoms with Gasteiger partial charge in [-0.25, -0.2) is 8.78 Å². The highest BCUT2D eigenvalue weighted by Crippen LogP contribution is 2.09. The number of hydrogen-bond donors (Lipinski definition) is 2. The van der Waals surface area contributed by atoms with Crippen LogP contribution < -0.4 is 5.32 Å². The van der Waals surface area contributed by atoms with Crippen LogP contribution >= 0.6 is 0 Å². The first-order valence-corrected chi connectivity index (χ1v) is 4.92. The highest BCUT2D eigenvalue weighted by atomic mass is 19.1. The van der Waals surface area contributed by atoms with Gasteiger partial charge in [-0.05, 0) is 38.1 Å². The summed E-state index contributed by atoms with van der Waals surface area (Å²) in [6.45, 7) is 2.54. The van der Waals surface area contributed by atoms with Crippen molar-refractivity contribution in [3.63, 3.8) is 0 Å². The van der Waals surface area contributed by atoms with Crippen LogP contribution in [0.25, 0.3) is 0 Å². The zero-order chi connectivity index (χ0) is 11.3. The molecule has 0 aliphatic carbocycles. The van der Waals surface area contributed by atoms with Crippen LogP contribution in [0.2, 0.25) is 0 Å². The minimum absolute atomic E-state index is 0.274. The number of nitrogens with one attached hydrogen (secondary N) is 1. The van der Waals surface area contributed by atoms with Crippen molar-refractivity contribution >= 4 is 0 Å². The van der Waals surface area contributed by atoms with Crippen molar-refractivity contribution < 1.29 is 13.9 Å². The van der Waals surface area contributed by atoms with Gasteiger partial charge in [0, 0.05) is 12.1 Å². The summed E-state index contributed by atoms with van der Waals surface area (Å²) in [5, 5.41) is 11.9. The second-order valence-corrected chi connectivity index (χ2v) is 3.55. The maximum atomic E-state index is 13.1. The van der Waals surface area contributed by atoms with E-state index in [1.54, 1.807) is 6.92 Å². The number of benzene rings is 1. The Morgan fingerprint density at radius 1 is 1.40 bits per heavy atom. The second kappa shape index (κ2) is 5.78. The van der Waals surface area contributed by atoms with Gasteiger partial charge in [0.15, 0.2) is 0 Å². The van der Waals surface area contributed by atoms with E-state index in [4.69, 9.17) is 5.11 Å². The molecule has 0 spiro atoms. The monoisotopic (exact) mass is 215 g/mol. The molecule has 2 N–H and O–H groups in total. The van der Waals surface area contributed by atoms with Gasteiger partial charge in [-0.2, -0.15) is 0 Å². The molecule has 1 aromatic carbocycles. The third-order valence-electron chi connectivity index (χ3n) is 2.06. The molecule has 15 heavy (non-hydrogen) atoms. The quantitative estimate of drug-likeness (QED) is 0.734. The molecule has 0 aliphatic heterocycles. The lowest BCUT2D eigenvalue weighted by Crippen LogP contribution is -2.19. The summed E-state index contributed by atoms with van der Waals surface area (Å²) in [5.41, 5.74) is 0.306. The Labute approximate surface area is 87.9 Å². The lowest BCUT2D eigenvalue weighted by molar-refractivity contribution is 0.183. The molecule has 2 nitrogen and oxygen atoms in total. The van der Waals surface area contributed by atoms with Crippen LogP contribution in [0.15, 0.2) is 18.2 Å². The Bertz CT molecular complexity index is 315. The molecular formula is C11H15F2NO. The van der Waals surface area contributed by atoms with E-state index in [0.29, 0.717) is 18.5 Å². The first-order chi connectivity index (χ1) is 7.09. The van der Waals surface area contributed by atoms with Crippen molar-refractivity contribution in [3.8, 4) is 0 Å². The van der Waals surface area contributed by atoms with Gasteiger partial charge in [0.2, 0.25) is 0 Å². The summed E-state index contributed by atoms with van der Waals surface area (Å²) in [4.78, 5) is 0. The van der Waals surface area contributed by atoms with Crippen LogP contribution in [0.1, 0.15) is 18.9 Å². The maximum Gasteiger partial charge on any atom is 0.127 e. The molecule has 0 aromatic heterocycles. The fraction of sp³-hybridized carbons (Fsp3) is 0.455. The van der Waals surface area contributed by atoms with Gasteiger partial charge in [0.25, 0.3) is 0 Å². The van der Waals surface area contributed by atoms with Gasteiger partial charge in [-0.15, -0.1) is 0 Å². The molecule has 0 unspecified atom stereocenters. The molecule has 0 saturated carbocycles. The normalized spacial score (nSPS) is 12.8. The Hall–Kier alpha value is -1.00. The summed E-state index contributed by atoms with van der Waals surface area (Å²) in [5.74, 6) is -0.857. The van der Waals surface area contributed by atoms with Crippen molar-refractivity contribution in [2.24, 2.45) is 0 Å². The molecule has 1 rings (SSSR count). The van der Waals surface area contributed by atoms with Gasteiger partial charge >= 0.3 is 0 Å². The van der Waals surface area contributed by atoms with Crippen LogP contribution in [0.3, 0.4) is 0 Å². The van der Waals surface area contributed by atoms with E-state index in [9.17, 15) is 8.78 Å². The van der Waals surface area contributed by atoms with Crippen LogP contribution in [0, 0.1) is 11.6 Å². The lowest BCUT2D eigenvalue weighted by atomic mass is 10.2. The third-order valence-corrected chi connectivity index (χ3v) is 2.06. The zero-order valence-electron chi connectivity index (χ0n) is 8.63. The molecule has 1 atom stereocenters. The topological polar surface area (TPSA) is 32.3 Å². The van der Waals surface area contributed by atoms with Gasteiger partial charge < -0.3 is 10.4 Å². The Balaban J connectivity index is 2.40. The van der Waals surface area contributed by atoms with E-state index in [0.717, 1.165) is 12.1 Å². The Morgan fingerprint density at radius 2 is 2.13 bits per heavy atom. The van der Waals surface area contributed by atoms with Crippen molar-refractivity contribution in [1.29, 1.82) is 0 Å². The summed E-state index contributed by atoms with van der Waals surface area (Å²) in [7, 11) is 0. The van der Waals surface area contributed by atoms with Crippen molar-refractivity contribution in [1.82, 2.24) is 5.32 Å². The average Bonchev–Trinajstić information content (AvgIpc) is 2.17. The number of halogens is 2. The molecular weight excluding hydrogens is 200 g/mol. The maximum absolute atomic E-state index is 13.1. The molecule has 0 radical (unpaired) electrons. The minimum Gasteiger partial charge on any atom is -0.393 e. The van der Waals surface area contributed by atoms with E-state index in [-0.39, 0.29) is 12.6 Å². The fourth-order valence-corrected chi connectivity index (χ4v) is 1.21. The highest BCUT2D eigenvalue weighted by molar-refractivity contribution is 5.18. The average molecular weight is 215 g/mol. The third kappa shape index (κ3) is 4.36. The molecule has 0 aliphatic rings. The fourth-order valence-electron chi connectivity index (χ4n) is 1.21. The smallest absolute Gasteiger partial charge is 0.127 e. The predicted molar refractivity (Wildman–Crippen MR) is 54.4 cm³/mol. The Kier molecular flexibility index (Phi) is 4.65. The first kappa shape index (κ1) is 12.1. The molecule has 0 heterocycles. The highest BCUT2D eigenvalue weighted by Gasteiger charge is 2.03. The van der Waals surface area contributed by atoms with Crippen LogP contribution in [-0.4, -0.2) is 17.8 Å². The van der Waals surface area contributed by atoms with Crippen LogP contribution in [-0.2, 0) is 6.54 Å². The first-order valence-electron chi connectivity index (χ1n) is 4.92. The Morgan fingerprint density at radius 3 is 2.80 bits per heavy atom. The van der Waals surface area contributed by atoms with E-state index in [1.807, 2.05) is 0 Å². The van der Waals surface area contributed by atoms with E-state index < -0.39 is 11.6 Å².